The van der Waals surface area contributed by atoms with E-state index < -0.39 is 0 Å². The van der Waals surface area contributed by atoms with Crippen LogP contribution in [0.2, 0.25) is 0 Å². The van der Waals surface area contributed by atoms with Crippen LogP contribution in [0.3, 0.4) is 0 Å². The van der Waals surface area contributed by atoms with E-state index in [4.69, 9.17) is 4.74 Å². The van der Waals surface area contributed by atoms with E-state index in [1.807, 2.05) is 12.1 Å². The van der Waals surface area contributed by atoms with Gasteiger partial charge in [0.2, 0.25) is 0 Å². The molecule has 2 nitrogen and oxygen atoms in total. The van der Waals surface area contributed by atoms with E-state index in [1.54, 1.807) is 0 Å². The van der Waals surface area contributed by atoms with Crippen molar-refractivity contribution < 1.29 is 9.84 Å². The van der Waals surface area contributed by atoms with Crippen LogP contribution in [-0.4, -0.2) is 11.7 Å². The summed E-state index contributed by atoms with van der Waals surface area (Å²) in [5.74, 6) is 1.73. The average molecular weight is 232 g/mol. The molecule has 0 amide bonds. The Kier molecular flexibility index (Phi) is 3.06. The predicted molar refractivity (Wildman–Crippen MR) is 67.2 cm³/mol. The SMILES string of the molecule is O[C@@H]1CCc2cc(OCC3CCCC3)ccc21. The number of aliphatic hydroxyl groups is 1. The number of aliphatic hydroxyl groups excluding tert-OH is 1. The smallest absolute Gasteiger partial charge is 0.119 e. The van der Waals surface area contributed by atoms with Crippen LogP contribution in [0, 0.1) is 5.92 Å². The molecule has 1 aromatic carbocycles. The third-order valence-corrected chi connectivity index (χ3v) is 4.12. The Morgan fingerprint density at radius 2 is 2.00 bits per heavy atom. The summed E-state index contributed by atoms with van der Waals surface area (Å²) in [7, 11) is 0. The fraction of sp³-hybridized carbons (Fsp3) is 0.600. The summed E-state index contributed by atoms with van der Waals surface area (Å²) in [6.45, 7) is 0.862. The predicted octanol–water partition coefficient (Wildman–Crippen LogP) is 3.24. The van der Waals surface area contributed by atoms with Crippen molar-refractivity contribution in [1.29, 1.82) is 0 Å². The monoisotopic (exact) mass is 232 g/mol. The van der Waals surface area contributed by atoms with Crippen molar-refractivity contribution in [3.63, 3.8) is 0 Å². The molecule has 92 valence electrons. The Morgan fingerprint density at radius 3 is 2.82 bits per heavy atom. The molecule has 3 rings (SSSR count). The van der Waals surface area contributed by atoms with Gasteiger partial charge in [0.25, 0.3) is 0 Å². The lowest BCUT2D eigenvalue weighted by Crippen LogP contribution is -2.08. The summed E-state index contributed by atoms with van der Waals surface area (Å²) >= 11 is 0. The molecule has 2 aliphatic carbocycles. The molecule has 2 heteroatoms. The quantitative estimate of drug-likeness (QED) is 0.867. The second-order valence-corrected chi connectivity index (χ2v) is 5.38. The zero-order valence-corrected chi connectivity index (χ0v) is 10.2. The molecule has 1 aromatic rings. The van der Waals surface area contributed by atoms with Crippen LogP contribution in [0.4, 0.5) is 0 Å². The van der Waals surface area contributed by atoms with E-state index in [-0.39, 0.29) is 6.10 Å². The Hall–Kier alpha value is -1.02. The van der Waals surface area contributed by atoms with E-state index in [1.165, 1.54) is 31.2 Å². The summed E-state index contributed by atoms with van der Waals surface area (Å²) in [5.41, 5.74) is 2.36. The summed E-state index contributed by atoms with van der Waals surface area (Å²) in [6, 6.07) is 6.14. The van der Waals surface area contributed by atoms with Crippen molar-refractivity contribution >= 4 is 0 Å². The number of benzene rings is 1. The molecular weight excluding hydrogens is 212 g/mol. The third kappa shape index (κ3) is 2.32. The maximum absolute atomic E-state index is 9.73. The molecule has 2 aliphatic rings. The van der Waals surface area contributed by atoms with E-state index in [0.717, 1.165) is 36.7 Å². The topological polar surface area (TPSA) is 29.5 Å². The standard InChI is InChI=1S/C15H20O2/c16-15-8-5-12-9-13(6-7-14(12)15)17-10-11-3-1-2-4-11/h6-7,9,11,15-16H,1-5,8,10H2/t15-/m1/s1. The molecule has 0 radical (unpaired) electrons. The fourth-order valence-electron chi connectivity index (χ4n) is 3.05. The van der Waals surface area contributed by atoms with Crippen LogP contribution < -0.4 is 4.74 Å². The molecule has 1 N–H and O–H groups in total. The molecule has 0 aliphatic heterocycles. The minimum atomic E-state index is -0.256. The van der Waals surface area contributed by atoms with E-state index in [0.29, 0.717) is 0 Å². The molecular formula is C15H20O2. The lowest BCUT2D eigenvalue weighted by atomic mass is 10.1. The number of ether oxygens (including phenoxy) is 1. The third-order valence-electron chi connectivity index (χ3n) is 4.12. The molecule has 0 saturated heterocycles. The van der Waals surface area contributed by atoms with Gasteiger partial charge in [0, 0.05) is 0 Å². The number of hydrogen-bond acceptors (Lipinski definition) is 2. The highest BCUT2D eigenvalue weighted by molar-refractivity contribution is 5.39. The molecule has 0 spiro atoms. The Balaban J connectivity index is 1.64. The number of fused-ring (bicyclic) bond motifs is 1. The minimum Gasteiger partial charge on any atom is -0.493 e. The summed E-state index contributed by atoms with van der Waals surface area (Å²) in [5, 5.41) is 9.73. The molecule has 1 saturated carbocycles. The van der Waals surface area contributed by atoms with Crippen molar-refractivity contribution in [2.24, 2.45) is 5.92 Å². The van der Waals surface area contributed by atoms with Crippen LogP contribution in [-0.2, 0) is 6.42 Å². The largest absolute Gasteiger partial charge is 0.493 e. The zero-order chi connectivity index (χ0) is 11.7. The number of aryl methyl sites for hydroxylation is 1. The van der Waals surface area contributed by atoms with Crippen molar-refractivity contribution in [2.75, 3.05) is 6.61 Å². The van der Waals surface area contributed by atoms with Gasteiger partial charge in [0.15, 0.2) is 0 Å². The van der Waals surface area contributed by atoms with E-state index in [9.17, 15) is 5.11 Å². The average Bonchev–Trinajstić information content (AvgIpc) is 2.97. The highest BCUT2D eigenvalue weighted by atomic mass is 16.5. The van der Waals surface area contributed by atoms with E-state index >= 15 is 0 Å². The molecule has 1 fully saturated rings. The van der Waals surface area contributed by atoms with E-state index in [2.05, 4.69) is 6.07 Å². The summed E-state index contributed by atoms with van der Waals surface area (Å²) in [6.07, 6.45) is 6.97. The molecule has 0 aromatic heterocycles. The second-order valence-electron chi connectivity index (χ2n) is 5.38. The van der Waals surface area contributed by atoms with Crippen LogP contribution in [0.15, 0.2) is 18.2 Å². The maximum atomic E-state index is 9.73. The Bertz CT molecular complexity index is 394. The maximum Gasteiger partial charge on any atom is 0.119 e. The summed E-state index contributed by atoms with van der Waals surface area (Å²) in [4.78, 5) is 0. The molecule has 0 heterocycles. The fourth-order valence-corrected chi connectivity index (χ4v) is 3.05. The Morgan fingerprint density at radius 1 is 1.18 bits per heavy atom. The van der Waals surface area contributed by atoms with Gasteiger partial charge in [0.05, 0.1) is 12.7 Å². The lowest BCUT2D eigenvalue weighted by molar-refractivity contribution is 0.180. The highest BCUT2D eigenvalue weighted by Crippen LogP contribution is 2.33. The molecule has 0 unspecified atom stereocenters. The van der Waals surface area contributed by atoms with Gasteiger partial charge < -0.3 is 9.84 Å². The van der Waals surface area contributed by atoms with Crippen LogP contribution in [0.25, 0.3) is 0 Å². The van der Waals surface area contributed by atoms with Crippen molar-refractivity contribution in [3.8, 4) is 5.75 Å². The molecule has 0 bridgehead atoms. The minimum absolute atomic E-state index is 0.256. The highest BCUT2D eigenvalue weighted by Gasteiger charge is 2.21. The first-order chi connectivity index (χ1) is 8.33. The van der Waals surface area contributed by atoms with Gasteiger partial charge in [-0.3, -0.25) is 0 Å². The van der Waals surface area contributed by atoms with Crippen molar-refractivity contribution in [2.45, 2.75) is 44.6 Å². The van der Waals surface area contributed by atoms with Crippen LogP contribution in [0.1, 0.15) is 49.3 Å². The Labute approximate surface area is 103 Å². The van der Waals surface area contributed by atoms with Gasteiger partial charge in [-0.15, -0.1) is 0 Å². The van der Waals surface area contributed by atoms with Gasteiger partial charge in [-0.2, -0.15) is 0 Å². The normalized spacial score (nSPS) is 23.9. The first-order valence-corrected chi connectivity index (χ1v) is 6.76. The first kappa shape index (κ1) is 11.1. The molecule has 17 heavy (non-hydrogen) atoms. The van der Waals surface area contributed by atoms with Gasteiger partial charge in [-0.25, -0.2) is 0 Å². The number of rotatable bonds is 3. The molecule has 1 atom stereocenters. The second kappa shape index (κ2) is 4.69. The van der Waals surface area contributed by atoms with Gasteiger partial charge in [0.1, 0.15) is 5.75 Å². The number of hydrogen-bond donors (Lipinski definition) is 1. The van der Waals surface area contributed by atoms with Crippen molar-refractivity contribution in [1.82, 2.24) is 0 Å². The van der Waals surface area contributed by atoms with Crippen molar-refractivity contribution in [3.05, 3.63) is 29.3 Å². The van der Waals surface area contributed by atoms with Crippen LogP contribution in [0.5, 0.6) is 5.75 Å². The zero-order valence-electron chi connectivity index (χ0n) is 10.2. The summed E-state index contributed by atoms with van der Waals surface area (Å²) < 4.78 is 5.87. The van der Waals surface area contributed by atoms with Gasteiger partial charge in [-0.1, -0.05) is 18.9 Å². The first-order valence-electron chi connectivity index (χ1n) is 6.76. The van der Waals surface area contributed by atoms with Gasteiger partial charge >= 0.3 is 0 Å². The van der Waals surface area contributed by atoms with Gasteiger partial charge in [-0.05, 0) is 54.9 Å². The van der Waals surface area contributed by atoms with Crippen LogP contribution >= 0.6 is 0 Å². The lowest BCUT2D eigenvalue weighted by Gasteiger charge is -2.12.